The summed E-state index contributed by atoms with van der Waals surface area (Å²) in [4.78, 5) is 15.4. The van der Waals surface area contributed by atoms with Gasteiger partial charge in [0.2, 0.25) is 0 Å². The van der Waals surface area contributed by atoms with Crippen LogP contribution in [0.1, 0.15) is 37.2 Å². The summed E-state index contributed by atoms with van der Waals surface area (Å²) in [7, 11) is 0. The average Bonchev–Trinajstić information content (AvgIpc) is 2.47. The minimum Gasteiger partial charge on any atom is -0.481 e. The van der Waals surface area contributed by atoms with Crippen LogP contribution in [0.2, 0.25) is 0 Å². The third-order valence-electron chi connectivity index (χ3n) is 4.20. The van der Waals surface area contributed by atoms with Gasteiger partial charge in [-0.2, -0.15) is 0 Å². The SMILES string of the molecule is O=C(O)[C@H]1CC[C@@H](c2ccnc3ccccc32)CC1. The Morgan fingerprint density at radius 1 is 1.11 bits per heavy atom. The van der Waals surface area contributed by atoms with E-state index in [2.05, 4.69) is 17.1 Å². The largest absolute Gasteiger partial charge is 0.481 e. The number of hydrogen-bond donors (Lipinski definition) is 1. The van der Waals surface area contributed by atoms with Crippen molar-refractivity contribution in [2.24, 2.45) is 5.92 Å². The molecule has 1 aliphatic rings. The van der Waals surface area contributed by atoms with E-state index in [1.165, 1.54) is 10.9 Å². The molecule has 1 aliphatic carbocycles. The van der Waals surface area contributed by atoms with Gasteiger partial charge in [0, 0.05) is 11.6 Å². The zero-order valence-electron chi connectivity index (χ0n) is 10.7. The number of para-hydroxylation sites is 1. The van der Waals surface area contributed by atoms with Crippen molar-refractivity contribution in [2.45, 2.75) is 31.6 Å². The van der Waals surface area contributed by atoms with Gasteiger partial charge < -0.3 is 5.11 Å². The lowest BCUT2D eigenvalue weighted by molar-refractivity contribution is -0.142. The Kier molecular flexibility index (Phi) is 3.20. The van der Waals surface area contributed by atoms with Crippen LogP contribution in [0.5, 0.6) is 0 Å². The first kappa shape index (κ1) is 12.2. The number of hydrogen-bond acceptors (Lipinski definition) is 2. The molecule has 0 unspecified atom stereocenters. The highest BCUT2D eigenvalue weighted by Gasteiger charge is 2.27. The van der Waals surface area contributed by atoms with Crippen LogP contribution in [0.25, 0.3) is 10.9 Å². The second-order valence-electron chi connectivity index (χ2n) is 5.30. The molecular formula is C16H17NO2. The zero-order chi connectivity index (χ0) is 13.2. The predicted octanol–water partition coefficient (Wildman–Crippen LogP) is 3.59. The van der Waals surface area contributed by atoms with Crippen molar-refractivity contribution in [3.63, 3.8) is 0 Å². The fraction of sp³-hybridized carbons (Fsp3) is 0.375. The molecule has 1 aromatic carbocycles. The normalized spacial score (nSPS) is 23.4. The van der Waals surface area contributed by atoms with Gasteiger partial charge in [0.15, 0.2) is 0 Å². The average molecular weight is 255 g/mol. The molecule has 3 rings (SSSR count). The molecule has 0 saturated heterocycles. The van der Waals surface area contributed by atoms with Crippen molar-refractivity contribution in [1.82, 2.24) is 4.98 Å². The number of carboxylic acids is 1. The van der Waals surface area contributed by atoms with E-state index in [1.807, 2.05) is 24.4 Å². The Balaban J connectivity index is 1.88. The second-order valence-corrected chi connectivity index (χ2v) is 5.30. The van der Waals surface area contributed by atoms with Crippen molar-refractivity contribution < 1.29 is 9.90 Å². The smallest absolute Gasteiger partial charge is 0.306 e. The first-order chi connectivity index (χ1) is 9.25. The number of benzene rings is 1. The summed E-state index contributed by atoms with van der Waals surface area (Å²) in [6.45, 7) is 0. The topological polar surface area (TPSA) is 50.2 Å². The van der Waals surface area contributed by atoms with E-state index in [9.17, 15) is 4.79 Å². The molecule has 3 nitrogen and oxygen atoms in total. The van der Waals surface area contributed by atoms with Crippen molar-refractivity contribution in [1.29, 1.82) is 0 Å². The van der Waals surface area contributed by atoms with E-state index in [1.54, 1.807) is 0 Å². The summed E-state index contributed by atoms with van der Waals surface area (Å²) in [6, 6.07) is 10.3. The molecule has 1 fully saturated rings. The molecule has 0 atom stereocenters. The summed E-state index contributed by atoms with van der Waals surface area (Å²) in [5.74, 6) is -0.314. The summed E-state index contributed by atoms with van der Waals surface area (Å²) in [5, 5.41) is 10.3. The molecular weight excluding hydrogens is 238 g/mol. The molecule has 0 spiro atoms. The lowest BCUT2D eigenvalue weighted by Crippen LogP contribution is -2.20. The maximum atomic E-state index is 11.0. The van der Waals surface area contributed by atoms with Gasteiger partial charge in [-0.25, -0.2) is 0 Å². The Morgan fingerprint density at radius 3 is 2.58 bits per heavy atom. The van der Waals surface area contributed by atoms with Crippen LogP contribution in [-0.4, -0.2) is 16.1 Å². The Hall–Kier alpha value is -1.90. The van der Waals surface area contributed by atoms with Gasteiger partial charge in [0.05, 0.1) is 11.4 Å². The molecule has 3 heteroatoms. The Bertz CT molecular complexity index is 595. The third kappa shape index (κ3) is 2.33. The molecule has 1 heterocycles. The van der Waals surface area contributed by atoms with Gasteiger partial charge in [0.1, 0.15) is 0 Å². The summed E-state index contributed by atoms with van der Waals surface area (Å²) >= 11 is 0. The molecule has 0 radical (unpaired) electrons. The van der Waals surface area contributed by atoms with E-state index < -0.39 is 5.97 Å². The standard InChI is InChI=1S/C16H17NO2/c18-16(19)12-7-5-11(6-8-12)13-9-10-17-15-4-2-1-3-14(13)15/h1-4,9-12H,5-8H2,(H,18,19)/t11-,12+. The highest BCUT2D eigenvalue weighted by atomic mass is 16.4. The molecule has 0 bridgehead atoms. The highest BCUT2D eigenvalue weighted by Crippen LogP contribution is 2.38. The third-order valence-corrected chi connectivity index (χ3v) is 4.20. The van der Waals surface area contributed by atoms with Crippen molar-refractivity contribution in [2.75, 3.05) is 0 Å². The van der Waals surface area contributed by atoms with E-state index in [0.29, 0.717) is 5.92 Å². The van der Waals surface area contributed by atoms with E-state index in [-0.39, 0.29) is 5.92 Å². The number of fused-ring (bicyclic) bond motifs is 1. The maximum absolute atomic E-state index is 11.0. The number of aliphatic carboxylic acids is 1. The molecule has 98 valence electrons. The van der Waals surface area contributed by atoms with Crippen molar-refractivity contribution in [3.05, 3.63) is 42.1 Å². The van der Waals surface area contributed by atoms with Crippen molar-refractivity contribution >= 4 is 16.9 Å². The lowest BCUT2D eigenvalue weighted by Gasteiger charge is -2.27. The molecule has 1 N–H and O–H groups in total. The zero-order valence-corrected chi connectivity index (χ0v) is 10.7. The van der Waals surface area contributed by atoms with Gasteiger partial charge >= 0.3 is 5.97 Å². The Labute approximate surface area is 112 Å². The molecule has 1 saturated carbocycles. The fourth-order valence-corrected chi connectivity index (χ4v) is 3.13. The minimum absolute atomic E-state index is 0.149. The summed E-state index contributed by atoms with van der Waals surface area (Å²) in [6.07, 6.45) is 5.37. The van der Waals surface area contributed by atoms with Gasteiger partial charge in [-0.05, 0) is 49.3 Å². The number of pyridine rings is 1. The van der Waals surface area contributed by atoms with Crippen LogP contribution in [0.15, 0.2) is 36.5 Å². The number of aromatic nitrogens is 1. The first-order valence-corrected chi connectivity index (χ1v) is 6.82. The van der Waals surface area contributed by atoms with Gasteiger partial charge in [-0.3, -0.25) is 9.78 Å². The maximum Gasteiger partial charge on any atom is 0.306 e. The van der Waals surface area contributed by atoms with Crippen LogP contribution < -0.4 is 0 Å². The van der Waals surface area contributed by atoms with Gasteiger partial charge in [-0.15, -0.1) is 0 Å². The summed E-state index contributed by atoms with van der Waals surface area (Å²) in [5.41, 5.74) is 2.36. The highest BCUT2D eigenvalue weighted by molar-refractivity contribution is 5.82. The second kappa shape index (κ2) is 5.00. The Morgan fingerprint density at radius 2 is 1.84 bits per heavy atom. The number of carbonyl (C=O) groups is 1. The molecule has 2 aromatic rings. The van der Waals surface area contributed by atoms with E-state index in [0.717, 1.165) is 31.2 Å². The van der Waals surface area contributed by atoms with Crippen molar-refractivity contribution in [3.8, 4) is 0 Å². The fourth-order valence-electron chi connectivity index (χ4n) is 3.13. The van der Waals surface area contributed by atoms with Gasteiger partial charge in [0.25, 0.3) is 0 Å². The number of carboxylic acid groups (broad SMARTS) is 1. The van der Waals surface area contributed by atoms with E-state index >= 15 is 0 Å². The summed E-state index contributed by atoms with van der Waals surface area (Å²) < 4.78 is 0. The van der Waals surface area contributed by atoms with E-state index in [4.69, 9.17) is 5.11 Å². The van der Waals surface area contributed by atoms with Gasteiger partial charge in [-0.1, -0.05) is 18.2 Å². The van der Waals surface area contributed by atoms with Crippen LogP contribution in [0.4, 0.5) is 0 Å². The van der Waals surface area contributed by atoms with Crippen LogP contribution in [0.3, 0.4) is 0 Å². The van der Waals surface area contributed by atoms with Crippen LogP contribution in [0, 0.1) is 5.92 Å². The number of nitrogens with zero attached hydrogens (tertiary/aromatic N) is 1. The minimum atomic E-state index is -0.641. The molecule has 1 aromatic heterocycles. The molecule has 0 amide bonds. The van der Waals surface area contributed by atoms with Crippen LogP contribution in [-0.2, 0) is 4.79 Å². The van der Waals surface area contributed by atoms with Crippen LogP contribution >= 0.6 is 0 Å². The molecule has 19 heavy (non-hydrogen) atoms. The monoisotopic (exact) mass is 255 g/mol. The quantitative estimate of drug-likeness (QED) is 0.892. The predicted molar refractivity (Wildman–Crippen MR) is 74.1 cm³/mol. The number of rotatable bonds is 2. The molecule has 0 aliphatic heterocycles. The lowest BCUT2D eigenvalue weighted by atomic mass is 9.78. The first-order valence-electron chi connectivity index (χ1n) is 6.82.